The molecule has 0 amide bonds. The van der Waals surface area contributed by atoms with Gasteiger partial charge in [0.1, 0.15) is 12.1 Å². The summed E-state index contributed by atoms with van der Waals surface area (Å²) in [5.74, 6) is 1.03. The average molecular weight is 324 g/mol. The van der Waals surface area contributed by atoms with Crippen molar-refractivity contribution in [1.29, 1.82) is 0 Å². The van der Waals surface area contributed by atoms with E-state index in [-0.39, 0.29) is 0 Å². The lowest BCUT2D eigenvalue weighted by atomic mass is 10.1. The van der Waals surface area contributed by atoms with Gasteiger partial charge in [-0.25, -0.2) is 9.97 Å². The summed E-state index contributed by atoms with van der Waals surface area (Å²) in [6, 6.07) is 0.515. The first-order valence-electron chi connectivity index (χ1n) is 6.76. The quantitative estimate of drug-likeness (QED) is 0.797. The van der Waals surface area contributed by atoms with Crippen molar-refractivity contribution in [3.8, 4) is 0 Å². The maximum Gasteiger partial charge on any atom is 0.163 e. The van der Waals surface area contributed by atoms with Crippen molar-refractivity contribution >= 4 is 32.8 Å². The number of alkyl halides is 1. The number of nitrogens with zero attached hydrogens (tertiary/aromatic N) is 5. The van der Waals surface area contributed by atoms with E-state index in [1.54, 1.807) is 6.33 Å². The van der Waals surface area contributed by atoms with Crippen LogP contribution in [0.25, 0.3) is 11.0 Å². The van der Waals surface area contributed by atoms with Gasteiger partial charge in [0.15, 0.2) is 5.65 Å². The lowest BCUT2D eigenvalue weighted by Gasteiger charge is -2.30. The van der Waals surface area contributed by atoms with Gasteiger partial charge in [-0.1, -0.05) is 28.8 Å². The highest BCUT2D eigenvalue weighted by Crippen LogP contribution is 2.28. The number of aryl methyl sites for hydroxylation is 1. The molecule has 0 saturated carbocycles. The fourth-order valence-electron chi connectivity index (χ4n) is 2.80. The highest BCUT2D eigenvalue weighted by Gasteiger charge is 2.23. The van der Waals surface area contributed by atoms with Crippen LogP contribution in [-0.4, -0.2) is 37.7 Å². The molecule has 0 spiro atoms. The summed E-state index contributed by atoms with van der Waals surface area (Å²) in [7, 11) is 1.92. The smallest absolute Gasteiger partial charge is 0.163 e. The zero-order valence-corrected chi connectivity index (χ0v) is 12.7. The van der Waals surface area contributed by atoms with E-state index in [4.69, 9.17) is 0 Å². The summed E-state index contributed by atoms with van der Waals surface area (Å²) >= 11 is 3.65. The van der Waals surface area contributed by atoms with Gasteiger partial charge in [0.05, 0.1) is 11.6 Å². The summed E-state index contributed by atoms with van der Waals surface area (Å²) in [6.07, 6.45) is 8.58. The number of hydrogen-bond acceptors (Lipinski definition) is 4. The van der Waals surface area contributed by atoms with Crippen LogP contribution < -0.4 is 4.90 Å². The van der Waals surface area contributed by atoms with E-state index in [0.717, 1.165) is 28.7 Å². The Morgan fingerprint density at radius 3 is 3.05 bits per heavy atom. The van der Waals surface area contributed by atoms with Gasteiger partial charge in [-0.15, -0.1) is 0 Å². The molecule has 5 nitrogen and oxygen atoms in total. The Bertz CT molecular complexity index is 567. The summed E-state index contributed by atoms with van der Waals surface area (Å²) in [5, 5.41) is 6.34. The predicted molar refractivity (Wildman–Crippen MR) is 79.7 cm³/mol. The number of anilines is 1. The number of aromatic nitrogens is 4. The Hall–Kier alpha value is -1.17. The maximum atomic E-state index is 4.52. The predicted octanol–water partition coefficient (Wildman–Crippen LogP) is 2.51. The zero-order chi connectivity index (χ0) is 13.2. The molecule has 0 bridgehead atoms. The zero-order valence-electron chi connectivity index (χ0n) is 11.1. The molecule has 0 aliphatic carbocycles. The van der Waals surface area contributed by atoms with E-state index < -0.39 is 0 Å². The Labute approximate surface area is 121 Å². The Balaban J connectivity index is 2.06. The normalized spacial score (nSPS) is 20.7. The molecule has 2 aromatic rings. The van der Waals surface area contributed by atoms with Gasteiger partial charge in [-0.05, 0) is 12.8 Å². The van der Waals surface area contributed by atoms with E-state index in [2.05, 4.69) is 35.9 Å². The summed E-state index contributed by atoms with van der Waals surface area (Å²) < 4.78 is 1.81. The van der Waals surface area contributed by atoms with Crippen LogP contribution in [0.3, 0.4) is 0 Å². The minimum atomic E-state index is 0.515. The summed E-state index contributed by atoms with van der Waals surface area (Å²) in [5.41, 5.74) is 0.905. The topological polar surface area (TPSA) is 46.8 Å². The van der Waals surface area contributed by atoms with Crippen molar-refractivity contribution < 1.29 is 0 Å². The second kappa shape index (κ2) is 5.45. The van der Waals surface area contributed by atoms with Crippen molar-refractivity contribution in [2.24, 2.45) is 7.05 Å². The molecule has 102 valence electrons. The van der Waals surface area contributed by atoms with Crippen molar-refractivity contribution in [3.05, 3.63) is 12.5 Å². The Morgan fingerprint density at radius 1 is 1.32 bits per heavy atom. The van der Waals surface area contributed by atoms with E-state index in [1.165, 1.54) is 25.7 Å². The van der Waals surface area contributed by atoms with E-state index >= 15 is 0 Å². The molecule has 1 saturated heterocycles. The first-order valence-corrected chi connectivity index (χ1v) is 7.88. The van der Waals surface area contributed by atoms with Crippen LogP contribution in [0.1, 0.15) is 25.7 Å². The lowest BCUT2D eigenvalue weighted by Crippen LogP contribution is -2.36. The van der Waals surface area contributed by atoms with Gasteiger partial charge >= 0.3 is 0 Å². The van der Waals surface area contributed by atoms with Crippen LogP contribution in [0.4, 0.5) is 5.82 Å². The van der Waals surface area contributed by atoms with Crippen molar-refractivity contribution in [2.75, 3.05) is 16.8 Å². The second-order valence-corrected chi connectivity index (χ2v) is 5.70. The second-order valence-electron chi connectivity index (χ2n) is 5.05. The Kier molecular flexibility index (Phi) is 3.68. The first kappa shape index (κ1) is 12.8. The SMILES string of the molecule is Cn1ncc2c(N3CCCCCC3CBr)ncnc21. The molecule has 2 aromatic heterocycles. The first-order chi connectivity index (χ1) is 9.31. The molecule has 0 radical (unpaired) electrons. The molecule has 3 heterocycles. The van der Waals surface area contributed by atoms with E-state index in [9.17, 15) is 0 Å². The summed E-state index contributed by atoms with van der Waals surface area (Å²) in [6.45, 7) is 1.07. The van der Waals surface area contributed by atoms with Crippen LogP contribution in [0.2, 0.25) is 0 Å². The number of hydrogen-bond donors (Lipinski definition) is 0. The summed E-state index contributed by atoms with van der Waals surface area (Å²) in [4.78, 5) is 11.3. The van der Waals surface area contributed by atoms with E-state index in [1.807, 2.05) is 17.9 Å². The fourth-order valence-corrected chi connectivity index (χ4v) is 3.47. The van der Waals surface area contributed by atoms with Gasteiger partial charge < -0.3 is 4.90 Å². The standard InChI is InChI=1S/C13H18BrN5/c1-18-12-11(8-17-18)13(16-9-15-12)19-6-4-2-3-5-10(19)7-14/h8-10H,2-7H2,1H3. The van der Waals surface area contributed by atoms with Gasteiger partial charge in [0.25, 0.3) is 0 Å². The van der Waals surface area contributed by atoms with Crippen molar-refractivity contribution in [1.82, 2.24) is 19.7 Å². The Morgan fingerprint density at radius 2 is 2.21 bits per heavy atom. The molecule has 3 rings (SSSR count). The molecule has 1 fully saturated rings. The third-order valence-corrected chi connectivity index (χ3v) is 4.58. The number of halogens is 1. The highest BCUT2D eigenvalue weighted by atomic mass is 79.9. The molecule has 0 N–H and O–H groups in total. The molecular weight excluding hydrogens is 306 g/mol. The third-order valence-electron chi connectivity index (χ3n) is 3.84. The molecular formula is C13H18BrN5. The van der Waals surface area contributed by atoms with Crippen LogP contribution >= 0.6 is 15.9 Å². The molecule has 6 heteroatoms. The number of rotatable bonds is 2. The van der Waals surface area contributed by atoms with Gasteiger partial charge in [0.2, 0.25) is 0 Å². The maximum absolute atomic E-state index is 4.52. The van der Waals surface area contributed by atoms with Crippen molar-refractivity contribution in [2.45, 2.75) is 31.7 Å². The minimum Gasteiger partial charge on any atom is -0.352 e. The molecule has 1 unspecified atom stereocenters. The molecule has 0 aromatic carbocycles. The largest absolute Gasteiger partial charge is 0.352 e. The molecule has 19 heavy (non-hydrogen) atoms. The lowest BCUT2D eigenvalue weighted by molar-refractivity contribution is 0.622. The van der Waals surface area contributed by atoms with Gasteiger partial charge in [0, 0.05) is 25.0 Å². The van der Waals surface area contributed by atoms with Gasteiger partial charge in [-0.3, -0.25) is 4.68 Å². The fraction of sp³-hybridized carbons (Fsp3) is 0.615. The minimum absolute atomic E-state index is 0.515. The highest BCUT2D eigenvalue weighted by molar-refractivity contribution is 9.09. The molecule has 1 atom stereocenters. The van der Waals surface area contributed by atoms with Crippen molar-refractivity contribution in [3.63, 3.8) is 0 Å². The molecule has 1 aliphatic heterocycles. The van der Waals surface area contributed by atoms with Crippen LogP contribution in [0.15, 0.2) is 12.5 Å². The van der Waals surface area contributed by atoms with Gasteiger partial charge in [-0.2, -0.15) is 5.10 Å². The number of fused-ring (bicyclic) bond motifs is 1. The molecule has 1 aliphatic rings. The van der Waals surface area contributed by atoms with E-state index in [0.29, 0.717) is 6.04 Å². The van der Waals surface area contributed by atoms with Crippen LogP contribution in [0.5, 0.6) is 0 Å². The van der Waals surface area contributed by atoms with Crippen LogP contribution in [0, 0.1) is 0 Å². The monoisotopic (exact) mass is 323 g/mol. The third kappa shape index (κ3) is 2.33. The average Bonchev–Trinajstić information content (AvgIpc) is 2.68. The van der Waals surface area contributed by atoms with Crippen LogP contribution in [-0.2, 0) is 7.05 Å².